The first-order chi connectivity index (χ1) is 16.4. The number of carbonyl (C=O) groups is 4. The van der Waals surface area contributed by atoms with E-state index in [1.807, 2.05) is 12.1 Å². The fourth-order valence-electron chi connectivity index (χ4n) is 3.30. The van der Waals surface area contributed by atoms with E-state index in [4.69, 9.17) is 9.84 Å². The second-order valence-corrected chi connectivity index (χ2v) is 7.65. The normalized spacial score (nSPS) is 10.4. The fraction of sp³-hybridized carbons (Fsp3) is 0.360. The van der Waals surface area contributed by atoms with E-state index >= 15 is 0 Å². The largest absolute Gasteiger partial charge is 0.478 e. The average Bonchev–Trinajstić information content (AvgIpc) is 2.84. The summed E-state index contributed by atoms with van der Waals surface area (Å²) in [4.78, 5) is 45.4. The summed E-state index contributed by atoms with van der Waals surface area (Å²) in [5.74, 6) is -2.58. The van der Waals surface area contributed by atoms with Crippen LogP contribution in [0.25, 0.3) is 0 Å². The number of anilines is 1. The molecule has 182 valence electrons. The zero-order chi connectivity index (χ0) is 24.8. The number of hydrogen-bond donors (Lipinski definition) is 4. The van der Waals surface area contributed by atoms with Gasteiger partial charge in [-0.3, -0.25) is 14.4 Å². The van der Waals surface area contributed by atoms with Gasteiger partial charge in [0.05, 0.1) is 5.56 Å². The van der Waals surface area contributed by atoms with E-state index in [1.54, 1.807) is 0 Å². The van der Waals surface area contributed by atoms with Crippen molar-refractivity contribution in [2.45, 2.75) is 32.1 Å². The number of aryl methyl sites for hydroxylation is 2. The molecule has 0 saturated heterocycles. The van der Waals surface area contributed by atoms with Gasteiger partial charge in [0.15, 0.2) is 0 Å². The standard InChI is InChI=1S/C25H31N3O6/c1-26-23(30)24(31)27-15-5-4-9-18-7-2-3-8-19(18)10-6-16-34-17-22(29)28-21-13-11-20(12-14-21)25(32)33/h2-3,7-8,11-14H,4-6,9-10,15-17H2,1H3,(H,26,30)(H,27,31)(H,28,29)(H,32,33). The molecule has 0 radical (unpaired) electrons. The van der Waals surface area contributed by atoms with Crippen molar-refractivity contribution in [3.8, 4) is 0 Å². The average molecular weight is 470 g/mol. The summed E-state index contributed by atoms with van der Waals surface area (Å²) in [7, 11) is 1.42. The van der Waals surface area contributed by atoms with Gasteiger partial charge in [-0.05, 0) is 67.5 Å². The van der Waals surface area contributed by atoms with Crippen molar-refractivity contribution in [3.63, 3.8) is 0 Å². The number of carboxylic acid groups (broad SMARTS) is 1. The van der Waals surface area contributed by atoms with Crippen molar-refractivity contribution in [2.75, 3.05) is 32.1 Å². The number of carbonyl (C=O) groups excluding carboxylic acids is 3. The van der Waals surface area contributed by atoms with Gasteiger partial charge in [-0.15, -0.1) is 0 Å². The van der Waals surface area contributed by atoms with Gasteiger partial charge in [-0.25, -0.2) is 4.79 Å². The Kier molecular flexibility index (Phi) is 11.3. The van der Waals surface area contributed by atoms with Crippen molar-refractivity contribution in [1.29, 1.82) is 0 Å². The molecule has 0 heterocycles. The minimum atomic E-state index is -1.02. The maximum absolute atomic E-state index is 12.0. The molecule has 0 bridgehead atoms. The third kappa shape index (κ3) is 9.41. The highest BCUT2D eigenvalue weighted by Crippen LogP contribution is 2.14. The van der Waals surface area contributed by atoms with Crippen LogP contribution < -0.4 is 16.0 Å². The molecule has 2 aromatic rings. The number of rotatable bonds is 13. The lowest BCUT2D eigenvalue weighted by molar-refractivity contribution is -0.138. The molecule has 0 spiro atoms. The smallest absolute Gasteiger partial charge is 0.335 e. The van der Waals surface area contributed by atoms with Crippen molar-refractivity contribution < 1.29 is 29.0 Å². The lowest BCUT2D eigenvalue weighted by Gasteiger charge is -2.10. The highest BCUT2D eigenvalue weighted by Gasteiger charge is 2.10. The van der Waals surface area contributed by atoms with E-state index in [9.17, 15) is 19.2 Å². The van der Waals surface area contributed by atoms with E-state index in [0.29, 0.717) is 18.8 Å². The van der Waals surface area contributed by atoms with E-state index in [1.165, 1.54) is 42.4 Å². The van der Waals surface area contributed by atoms with Crippen LogP contribution in [0.15, 0.2) is 48.5 Å². The molecule has 2 aromatic carbocycles. The highest BCUT2D eigenvalue weighted by molar-refractivity contribution is 6.34. The second-order valence-electron chi connectivity index (χ2n) is 7.65. The molecule has 0 aliphatic rings. The van der Waals surface area contributed by atoms with Crippen LogP contribution in [0.5, 0.6) is 0 Å². The number of carboxylic acids is 1. The van der Waals surface area contributed by atoms with Gasteiger partial charge in [-0.2, -0.15) is 0 Å². The maximum atomic E-state index is 12.0. The molecule has 2 rings (SSSR count). The zero-order valence-electron chi connectivity index (χ0n) is 19.3. The Balaban J connectivity index is 1.64. The van der Waals surface area contributed by atoms with Gasteiger partial charge in [0.25, 0.3) is 0 Å². The van der Waals surface area contributed by atoms with Crippen LogP contribution in [0.1, 0.15) is 40.7 Å². The number of hydrogen-bond acceptors (Lipinski definition) is 5. The topological polar surface area (TPSA) is 134 Å². The second kappa shape index (κ2) is 14.4. The first-order valence-electron chi connectivity index (χ1n) is 11.2. The van der Waals surface area contributed by atoms with Crippen LogP contribution in [-0.2, 0) is 32.0 Å². The van der Waals surface area contributed by atoms with Crippen molar-refractivity contribution in [3.05, 3.63) is 65.2 Å². The third-order valence-electron chi connectivity index (χ3n) is 5.09. The number of ether oxygens (including phenoxy) is 1. The summed E-state index contributed by atoms with van der Waals surface area (Å²) in [6.07, 6.45) is 4.11. The Morgan fingerprint density at radius 3 is 2.12 bits per heavy atom. The first kappa shape index (κ1) is 26.5. The third-order valence-corrected chi connectivity index (χ3v) is 5.09. The number of nitrogens with one attached hydrogen (secondary N) is 3. The Hall–Kier alpha value is -3.72. The van der Waals surface area contributed by atoms with Gasteiger partial charge >= 0.3 is 17.8 Å². The molecule has 3 amide bonds. The van der Waals surface area contributed by atoms with Gasteiger partial charge in [0.2, 0.25) is 5.91 Å². The van der Waals surface area contributed by atoms with E-state index in [0.717, 1.165) is 32.1 Å². The zero-order valence-corrected chi connectivity index (χ0v) is 19.3. The van der Waals surface area contributed by atoms with E-state index in [2.05, 4.69) is 28.1 Å². The van der Waals surface area contributed by atoms with Crippen LogP contribution in [0, 0.1) is 0 Å². The van der Waals surface area contributed by atoms with E-state index < -0.39 is 17.8 Å². The van der Waals surface area contributed by atoms with E-state index in [-0.39, 0.29) is 18.1 Å². The fourth-order valence-corrected chi connectivity index (χ4v) is 3.30. The molecule has 9 nitrogen and oxygen atoms in total. The molecule has 0 fully saturated rings. The van der Waals surface area contributed by atoms with Crippen LogP contribution >= 0.6 is 0 Å². The maximum Gasteiger partial charge on any atom is 0.335 e. The molecule has 4 N–H and O–H groups in total. The Morgan fingerprint density at radius 1 is 0.853 bits per heavy atom. The number of likely N-dealkylation sites (N-methyl/N-ethyl adjacent to an activating group) is 1. The monoisotopic (exact) mass is 469 g/mol. The van der Waals surface area contributed by atoms with Crippen molar-refractivity contribution >= 4 is 29.4 Å². The SMILES string of the molecule is CNC(=O)C(=O)NCCCCc1ccccc1CCCOCC(=O)Nc1ccc(C(=O)O)cc1. The molecule has 9 heteroatoms. The predicted molar refractivity (Wildman–Crippen MR) is 128 cm³/mol. The van der Waals surface area contributed by atoms with Crippen LogP contribution in [-0.4, -0.2) is 55.6 Å². The Bertz CT molecular complexity index is 975. The summed E-state index contributed by atoms with van der Waals surface area (Å²) in [6, 6.07) is 14.1. The lowest BCUT2D eigenvalue weighted by atomic mass is 9.98. The van der Waals surface area contributed by atoms with Crippen molar-refractivity contribution in [2.24, 2.45) is 0 Å². The number of benzene rings is 2. The first-order valence-corrected chi connectivity index (χ1v) is 11.2. The minimum absolute atomic E-state index is 0.0793. The summed E-state index contributed by atoms with van der Waals surface area (Å²) in [5.41, 5.74) is 3.13. The molecular weight excluding hydrogens is 438 g/mol. The van der Waals surface area contributed by atoms with Crippen LogP contribution in [0.2, 0.25) is 0 Å². The van der Waals surface area contributed by atoms with Crippen molar-refractivity contribution in [1.82, 2.24) is 10.6 Å². The molecule has 34 heavy (non-hydrogen) atoms. The summed E-state index contributed by atoms with van der Waals surface area (Å²) in [6.45, 7) is 0.809. The van der Waals surface area contributed by atoms with Gasteiger partial charge < -0.3 is 25.8 Å². The molecule has 0 unspecified atom stereocenters. The van der Waals surface area contributed by atoms with Gasteiger partial charge in [-0.1, -0.05) is 24.3 Å². The molecular formula is C25H31N3O6. The van der Waals surface area contributed by atoms with Crippen LogP contribution in [0.4, 0.5) is 5.69 Å². The molecule has 0 atom stereocenters. The Labute approximate surface area is 198 Å². The predicted octanol–water partition coefficient (Wildman–Crippen LogP) is 2.16. The number of unbranched alkanes of at least 4 members (excludes halogenated alkanes) is 1. The minimum Gasteiger partial charge on any atom is -0.478 e. The summed E-state index contributed by atoms with van der Waals surface area (Å²) in [5, 5.41) is 16.4. The van der Waals surface area contributed by atoms with Gasteiger partial charge in [0, 0.05) is 25.9 Å². The molecule has 0 saturated carbocycles. The number of aromatic carboxylic acids is 1. The highest BCUT2D eigenvalue weighted by atomic mass is 16.5. The molecule has 0 aliphatic heterocycles. The number of amides is 3. The lowest BCUT2D eigenvalue weighted by Crippen LogP contribution is -2.38. The molecule has 0 aromatic heterocycles. The summed E-state index contributed by atoms with van der Waals surface area (Å²) < 4.78 is 5.48. The Morgan fingerprint density at radius 2 is 1.50 bits per heavy atom. The molecule has 0 aliphatic carbocycles. The quantitative estimate of drug-likeness (QED) is 0.262. The van der Waals surface area contributed by atoms with Gasteiger partial charge in [0.1, 0.15) is 6.61 Å². The van der Waals surface area contributed by atoms with Crippen LogP contribution in [0.3, 0.4) is 0 Å². The summed E-state index contributed by atoms with van der Waals surface area (Å²) >= 11 is 0.